The molecule has 1 aliphatic rings. The Kier molecular flexibility index (Phi) is 18.4. The first-order chi connectivity index (χ1) is 33.8. The second kappa shape index (κ2) is 25.5. The molecule has 0 spiro atoms. The first-order valence-corrected chi connectivity index (χ1v) is 25.7. The zero-order valence-electron chi connectivity index (χ0n) is 38.0. The summed E-state index contributed by atoms with van der Waals surface area (Å²) in [5.41, 5.74) is 5.09. The van der Waals surface area contributed by atoms with Crippen LogP contribution < -0.4 is 0 Å². The number of rotatable bonds is 25. The van der Waals surface area contributed by atoms with Gasteiger partial charge in [-0.05, 0) is 38.9 Å². The molecular weight excluding hydrogens is 915 g/mol. The zero-order valence-corrected chi connectivity index (χ0v) is 39.7. The fourth-order valence-electron chi connectivity index (χ4n) is 7.66. The Bertz CT molecular complexity index is 2540. The lowest BCUT2D eigenvalue weighted by atomic mass is 9.84. The number of aliphatic hydroxyl groups excluding tert-OH is 1. The Labute approximate surface area is 403 Å². The Balaban J connectivity index is 1.24. The van der Waals surface area contributed by atoms with E-state index in [1.54, 1.807) is 0 Å². The van der Waals surface area contributed by atoms with E-state index in [2.05, 4.69) is 0 Å². The molecule has 14 heteroatoms. The summed E-state index contributed by atoms with van der Waals surface area (Å²) in [6, 6.07) is 64.8. The van der Waals surface area contributed by atoms with Crippen molar-refractivity contribution < 1.29 is 55.6 Å². The summed E-state index contributed by atoms with van der Waals surface area (Å²) in [5.74, 6) is 0. The van der Waals surface area contributed by atoms with Crippen molar-refractivity contribution in [2.45, 2.75) is 82.9 Å². The average molecular weight is 971 g/mol. The molecule has 69 heavy (non-hydrogen) atoms. The van der Waals surface area contributed by atoms with Gasteiger partial charge >= 0.3 is 15.6 Å². The molecular formula is C55H56O12P2. The summed E-state index contributed by atoms with van der Waals surface area (Å²) in [4.78, 5) is 0. The van der Waals surface area contributed by atoms with Gasteiger partial charge in [0.2, 0.25) is 0 Å². The molecule has 7 aromatic rings. The average Bonchev–Trinajstić information content (AvgIpc) is 3.40. The lowest BCUT2D eigenvalue weighted by molar-refractivity contribution is -0.257. The highest BCUT2D eigenvalue weighted by Crippen LogP contribution is 2.58. The van der Waals surface area contributed by atoms with Gasteiger partial charge in [-0.3, -0.25) is 27.1 Å². The van der Waals surface area contributed by atoms with Gasteiger partial charge < -0.3 is 19.3 Å². The lowest BCUT2D eigenvalue weighted by Gasteiger charge is -2.48. The normalized spacial score (nSPS) is 19.6. The van der Waals surface area contributed by atoms with E-state index >= 15 is 9.13 Å². The van der Waals surface area contributed by atoms with Crippen molar-refractivity contribution in [2.75, 3.05) is 0 Å². The van der Waals surface area contributed by atoms with Crippen molar-refractivity contribution in [3.63, 3.8) is 0 Å². The summed E-state index contributed by atoms with van der Waals surface area (Å²) in [6.07, 6.45) is -8.73. The molecule has 1 aliphatic carbocycles. The molecule has 0 aliphatic heterocycles. The lowest BCUT2D eigenvalue weighted by Crippen LogP contribution is -2.66. The van der Waals surface area contributed by atoms with Crippen LogP contribution in [0.1, 0.15) is 38.9 Å². The van der Waals surface area contributed by atoms with Crippen LogP contribution in [0, 0.1) is 0 Å². The van der Waals surface area contributed by atoms with Crippen molar-refractivity contribution in [1.29, 1.82) is 0 Å². The predicted octanol–water partition coefficient (Wildman–Crippen LogP) is 12.0. The van der Waals surface area contributed by atoms with E-state index in [4.69, 9.17) is 41.4 Å². The molecule has 0 heterocycles. The molecule has 0 bridgehead atoms. The summed E-state index contributed by atoms with van der Waals surface area (Å²) in [7, 11) is -9.46. The summed E-state index contributed by atoms with van der Waals surface area (Å²) < 4.78 is 89.5. The number of phosphoric ester groups is 2. The highest BCUT2D eigenvalue weighted by atomic mass is 31.2. The first-order valence-electron chi connectivity index (χ1n) is 22.8. The third-order valence-corrected chi connectivity index (χ3v) is 14.0. The van der Waals surface area contributed by atoms with Gasteiger partial charge in [0.15, 0.2) is 0 Å². The molecule has 12 nitrogen and oxygen atoms in total. The van der Waals surface area contributed by atoms with Gasteiger partial charge in [-0.1, -0.05) is 212 Å². The van der Waals surface area contributed by atoms with Gasteiger partial charge in [0.1, 0.15) is 36.6 Å². The predicted molar refractivity (Wildman–Crippen MR) is 261 cm³/mol. The van der Waals surface area contributed by atoms with E-state index < -0.39 is 52.3 Å². The summed E-state index contributed by atoms with van der Waals surface area (Å²) in [6.45, 7) is -0.740. The van der Waals surface area contributed by atoms with Crippen molar-refractivity contribution >= 4 is 15.6 Å². The van der Waals surface area contributed by atoms with E-state index in [-0.39, 0.29) is 46.2 Å². The minimum Gasteiger partial charge on any atom is -0.387 e. The second-order valence-corrected chi connectivity index (χ2v) is 19.6. The Morgan fingerprint density at radius 3 is 0.754 bits per heavy atom. The Morgan fingerprint density at radius 1 is 0.290 bits per heavy atom. The van der Waals surface area contributed by atoms with Crippen molar-refractivity contribution in [2.24, 2.45) is 0 Å². The number of phosphoric acid groups is 2. The molecule has 7 aromatic carbocycles. The fourth-order valence-corrected chi connectivity index (χ4v) is 10.4. The maximum atomic E-state index is 15.6. The number of hydrogen-bond acceptors (Lipinski definition) is 12. The molecule has 358 valence electrons. The maximum Gasteiger partial charge on any atom is 0.475 e. The van der Waals surface area contributed by atoms with E-state index in [1.165, 1.54) is 0 Å². The largest absolute Gasteiger partial charge is 0.475 e. The monoisotopic (exact) mass is 970 g/mol. The first kappa shape index (κ1) is 50.0. The molecule has 0 saturated heterocycles. The zero-order chi connectivity index (χ0) is 47.6. The van der Waals surface area contributed by atoms with E-state index in [0.717, 1.165) is 16.7 Å². The molecule has 1 saturated carbocycles. The van der Waals surface area contributed by atoms with Crippen molar-refractivity contribution in [1.82, 2.24) is 0 Å². The van der Waals surface area contributed by atoms with Crippen LogP contribution in [0.15, 0.2) is 212 Å². The number of ether oxygens (including phenoxy) is 3. The van der Waals surface area contributed by atoms with Gasteiger partial charge in [-0.2, -0.15) is 0 Å². The molecule has 0 radical (unpaired) electrons. The molecule has 0 amide bonds. The summed E-state index contributed by atoms with van der Waals surface area (Å²) >= 11 is 0. The van der Waals surface area contributed by atoms with Crippen LogP contribution in [-0.2, 0) is 96.7 Å². The topological polar surface area (TPSA) is 137 Å². The number of benzene rings is 7. The van der Waals surface area contributed by atoms with Crippen molar-refractivity contribution in [3.05, 3.63) is 251 Å². The van der Waals surface area contributed by atoms with Gasteiger partial charge in [0.25, 0.3) is 0 Å². The minimum absolute atomic E-state index is 0.0156. The molecule has 1 fully saturated rings. The third-order valence-electron chi connectivity index (χ3n) is 11.3. The third kappa shape index (κ3) is 15.0. The quantitative estimate of drug-likeness (QED) is 0.0546. The number of hydrogen-bond donors (Lipinski definition) is 1. The highest BCUT2D eigenvalue weighted by Gasteiger charge is 2.58. The smallest absolute Gasteiger partial charge is 0.387 e. The Morgan fingerprint density at radius 2 is 0.493 bits per heavy atom. The molecule has 8 rings (SSSR count). The van der Waals surface area contributed by atoms with Crippen LogP contribution in [-0.4, -0.2) is 41.7 Å². The van der Waals surface area contributed by atoms with Gasteiger partial charge in [-0.25, -0.2) is 9.13 Å². The minimum atomic E-state index is -4.73. The van der Waals surface area contributed by atoms with Crippen LogP contribution in [0.5, 0.6) is 0 Å². The van der Waals surface area contributed by atoms with Crippen LogP contribution in [0.3, 0.4) is 0 Å². The van der Waals surface area contributed by atoms with Crippen LogP contribution >= 0.6 is 15.6 Å². The highest BCUT2D eigenvalue weighted by molar-refractivity contribution is 7.48. The van der Waals surface area contributed by atoms with Crippen LogP contribution in [0.25, 0.3) is 0 Å². The molecule has 6 atom stereocenters. The van der Waals surface area contributed by atoms with Crippen molar-refractivity contribution in [3.8, 4) is 0 Å². The maximum absolute atomic E-state index is 15.6. The standard InChI is InChI=1S/C55H56O12P2/c56-50-51(59-36-43-22-8-1-9-23-43)53(61-38-45-26-12-3-13-27-45)55(67-69(58,64-41-48-32-18-6-19-33-48)65-42-49-34-20-7-21-35-49)54(52(50)60-37-44-24-10-2-11-25-44)66-68(57,62-39-46-28-14-4-15-29-46)63-40-47-30-16-5-17-31-47/h1-35,50-56H,36-42H2. The van der Waals surface area contributed by atoms with E-state index in [0.29, 0.717) is 22.3 Å². The van der Waals surface area contributed by atoms with Gasteiger partial charge in [-0.15, -0.1) is 0 Å². The summed E-state index contributed by atoms with van der Waals surface area (Å²) in [5, 5.41) is 12.8. The van der Waals surface area contributed by atoms with Gasteiger partial charge in [0, 0.05) is 0 Å². The second-order valence-electron chi connectivity index (χ2n) is 16.3. The molecule has 6 unspecified atom stereocenters. The number of aliphatic hydroxyl groups is 1. The van der Waals surface area contributed by atoms with Crippen LogP contribution in [0.2, 0.25) is 0 Å². The van der Waals surface area contributed by atoms with Crippen LogP contribution in [0.4, 0.5) is 0 Å². The molecule has 0 aromatic heterocycles. The molecule has 1 N–H and O–H groups in total. The fraction of sp³-hybridized carbons (Fsp3) is 0.236. The Hall–Kier alpha value is -5.40. The van der Waals surface area contributed by atoms with E-state index in [9.17, 15) is 5.11 Å². The van der Waals surface area contributed by atoms with E-state index in [1.807, 2.05) is 212 Å². The van der Waals surface area contributed by atoms with Gasteiger partial charge in [0.05, 0.1) is 46.2 Å². The SMILES string of the molecule is O=P(OCc1ccccc1)(OCc1ccccc1)OC1C(OCc2ccccc2)C(O)C(OCc2ccccc2)C(OCc2ccccc2)C1OP(=O)(OCc1ccccc1)OCc1ccccc1.